The largest absolute Gasteiger partial charge is 0.497 e. The van der Waals surface area contributed by atoms with Crippen LogP contribution in [0.5, 0.6) is 11.5 Å². The van der Waals surface area contributed by atoms with Crippen LogP contribution >= 0.6 is 0 Å². The summed E-state index contributed by atoms with van der Waals surface area (Å²) in [6.45, 7) is 6.50. The number of nitrogens with one attached hydrogen (secondary N) is 1. The Morgan fingerprint density at radius 3 is 2.92 bits per heavy atom. The molecule has 3 aliphatic rings. The number of rotatable bonds is 3. The first-order chi connectivity index (χ1) is 12.2. The van der Waals surface area contributed by atoms with Crippen molar-refractivity contribution >= 4 is 5.91 Å². The molecule has 136 valence electrons. The highest BCUT2D eigenvalue weighted by Gasteiger charge is 2.35. The van der Waals surface area contributed by atoms with E-state index in [1.54, 1.807) is 7.11 Å². The number of carbonyl (C=O) groups is 1. The monoisotopic (exact) mass is 345 g/mol. The van der Waals surface area contributed by atoms with Crippen molar-refractivity contribution in [1.29, 1.82) is 0 Å². The van der Waals surface area contributed by atoms with Crippen molar-refractivity contribution in [2.75, 3.05) is 53.0 Å². The second kappa shape index (κ2) is 7.22. The minimum Gasteiger partial charge on any atom is -0.497 e. The van der Waals surface area contributed by atoms with Crippen LogP contribution in [0, 0.1) is 5.92 Å². The summed E-state index contributed by atoms with van der Waals surface area (Å²) in [6, 6.07) is 6.34. The number of carbonyl (C=O) groups excluding carboxylic acids is 1. The summed E-state index contributed by atoms with van der Waals surface area (Å²) in [7, 11) is 1.66. The number of methoxy groups -OCH3 is 1. The van der Waals surface area contributed by atoms with E-state index in [9.17, 15) is 4.79 Å². The zero-order valence-electron chi connectivity index (χ0n) is 14.9. The third kappa shape index (κ3) is 3.46. The zero-order chi connectivity index (χ0) is 17.2. The summed E-state index contributed by atoms with van der Waals surface area (Å²) in [5.41, 5.74) is 1.07. The second-order valence-electron chi connectivity index (χ2n) is 7.20. The standard InChI is InChI=1S/C19H27N3O3/c1-24-17-2-3-18-14(11-17)10-15(13-25-18)19(23)22-7-4-16(12-22)21-8-5-20-6-9-21/h2-3,11,15-16,20H,4-10,12-13H2,1H3. The van der Waals surface area contributed by atoms with Crippen molar-refractivity contribution < 1.29 is 14.3 Å². The molecule has 2 saturated heterocycles. The van der Waals surface area contributed by atoms with E-state index >= 15 is 0 Å². The fourth-order valence-corrected chi connectivity index (χ4v) is 4.20. The van der Waals surface area contributed by atoms with Gasteiger partial charge in [0.05, 0.1) is 13.0 Å². The fraction of sp³-hybridized carbons (Fsp3) is 0.632. The average Bonchev–Trinajstić information content (AvgIpc) is 3.17. The molecule has 3 aliphatic heterocycles. The van der Waals surface area contributed by atoms with Crippen LogP contribution in [0.4, 0.5) is 0 Å². The molecule has 0 saturated carbocycles. The number of hydrogen-bond acceptors (Lipinski definition) is 5. The molecule has 3 heterocycles. The van der Waals surface area contributed by atoms with Gasteiger partial charge in [0, 0.05) is 45.3 Å². The highest BCUT2D eigenvalue weighted by atomic mass is 16.5. The van der Waals surface area contributed by atoms with Gasteiger partial charge in [0.2, 0.25) is 5.91 Å². The molecule has 1 N–H and O–H groups in total. The zero-order valence-corrected chi connectivity index (χ0v) is 14.9. The third-order valence-electron chi connectivity index (χ3n) is 5.67. The number of amides is 1. The summed E-state index contributed by atoms with van der Waals surface area (Å²) in [5, 5.41) is 3.39. The van der Waals surface area contributed by atoms with E-state index < -0.39 is 0 Å². The average molecular weight is 345 g/mol. The lowest BCUT2D eigenvalue weighted by Gasteiger charge is -2.33. The van der Waals surface area contributed by atoms with Crippen molar-refractivity contribution in [2.24, 2.45) is 5.92 Å². The van der Waals surface area contributed by atoms with Gasteiger partial charge in [-0.05, 0) is 36.6 Å². The summed E-state index contributed by atoms with van der Waals surface area (Å²) in [4.78, 5) is 17.6. The smallest absolute Gasteiger partial charge is 0.229 e. The van der Waals surface area contributed by atoms with Gasteiger partial charge in [0.25, 0.3) is 0 Å². The molecule has 2 atom stereocenters. The first-order valence-corrected chi connectivity index (χ1v) is 9.28. The van der Waals surface area contributed by atoms with Crippen molar-refractivity contribution in [3.8, 4) is 11.5 Å². The molecule has 0 aliphatic carbocycles. The van der Waals surface area contributed by atoms with Crippen LogP contribution in [-0.4, -0.2) is 74.7 Å². The minimum absolute atomic E-state index is 0.0821. The molecule has 1 aromatic carbocycles. The van der Waals surface area contributed by atoms with Gasteiger partial charge in [0.15, 0.2) is 0 Å². The molecular formula is C19H27N3O3. The van der Waals surface area contributed by atoms with E-state index in [1.165, 1.54) is 0 Å². The number of benzene rings is 1. The van der Waals surface area contributed by atoms with Crippen LogP contribution in [0.1, 0.15) is 12.0 Å². The van der Waals surface area contributed by atoms with Crippen LogP contribution in [0.15, 0.2) is 18.2 Å². The summed E-state index contributed by atoms with van der Waals surface area (Å²) in [6.07, 6.45) is 1.82. The van der Waals surface area contributed by atoms with Gasteiger partial charge in [-0.1, -0.05) is 0 Å². The normalized spacial score (nSPS) is 26.8. The van der Waals surface area contributed by atoms with Gasteiger partial charge in [-0.2, -0.15) is 0 Å². The molecule has 2 fully saturated rings. The van der Waals surface area contributed by atoms with E-state index in [1.807, 2.05) is 23.1 Å². The Morgan fingerprint density at radius 2 is 2.12 bits per heavy atom. The first kappa shape index (κ1) is 16.7. The van der Waals surface area contributed by atoms with Crippen LogP contribution in [0.25, 0.3) is 0 Å². The molecule has 1 aromatic rings. The Kier molecular flexibility index (Phi) is 4.81. The highest BCUT2D eigenvalue weighted by molar-refractivity contribution is 5.80. The van der Waals surface area contributed by atoms with E-state index in [-0.39, 0.29) is 11.8 Å². The molecule has 0 aromatic heterocycles. The predicted molar refractivity (Wildman–Crippen MR) is 95.1 cm³/mol. The first-order valence-electron chi connectivity index (χ1n) is 9.28. The molecule has 6 heteroatoms. The molecule has 0 bridgehead atoms. The van der Waals surface area contributed by atoms with E-state index in [2.05, 4.69) is 10.2 Å². The Hall–Kier alpha value is -1.79. The SMILES string of the molecule is COc1ccc2c(c1)CC(C(=O)N1CCC(N3CCNCC3)C1)CO2. The van der Waals surface area contributed by atoms with Gasteiger partial charge in [-0.15, -0.1) is 0 Å². The van der Waals surface area contributed by atoms with Gasteiger partial charge in [0.1, 0.15) is 18.1 Å². The van der Waals surface area contributed by atoms with Crippen molar-refractivity contribution in [3.05, 3.63) is 23.8 Å². The number of nitrogens with zero attached hydrogens (tertiary/aromatic N) is 2. The summed E-state index contributed by atoms with van der Waals surface area (Å²) < 4.78 is 11.1. The van der Waals surface area contributed by atoms with Crippen molar-refractivity contribution in [2.45, 2.75) is 18.9 Å². The fourth-order valence-electron chi connectivity index (χ4n) is 4.20. The van der Waals surface area contributed by atoms with Gasteiger partial charge in [-0.25, -0.2) is 0 Å². The lowest BCUT2D eigenvalue weighted by molar-refractivity contribution is -0.136. The Balaban J connectivity index is 1.38. The second-order valence-corrected chi connectivity index (χ2v) is 7.20. The molecule has 25 heavy (non-hydrogen) atoms. The van der Waals surface area contributed by atoms with Crippen molar-refractivity contribution in [1.82, 2.24) is 15.1 Å². The van der Waals surface area contributed by atoms with Crippen LogP contribution in [0.2, 0.25) is 0 Å². The quantitative estimate of drug-likeness (QED) is 0.876. The molecule has 2 unspecified atom stereocenters. The van der Waals surface area contributed by atoms with E-state index in [0.29, 0.717) is 12.6 Å². The van der Waals surface area contributed by atoms with Gasteiger partial charge in [-0.3, -0.25) is 9.69 Å². The maximum Gasteiger partial charge on any atom is 0.229 e. The number of piperazine rings is 1. The Bertz CT molecular complexity index is 630. The number of fused-ring (bicyclic) bond motifs is 1. The van der Waals surface area contributed by atoms with Crippen LogP contribution < -0.4 is 14.8 Å². The molecule has 0 radical (unpaired) electrons. The molecule has 4 rings (SSSR count). The third-order valence-corrected chi connectivity index (χ3v) is 5.67. The number of hydrogen-bond donors (Lipinski definition) is 1. The van der Waals surface area contributed by atoms with Gasteiger partial charge >= 0.3 is 0 Å². The van der Waals surface area contributed by atoms with Crippen molar-refractivity contribution in [3.63, 3.8) is 0 Å². The molecule has 1 amide bonds. The number of likely N-dealkylation sites (tertiary alicyclic amines) is 1. The predicted octanol–water partition coefficient (Wildman–Crippen LogP) is 0.752. The maximum absolute atomic E-state index is 13.0. The summed E-state index contributed by atoms with van der Waals surface area (Å²) >= 11 is 0. The Labute approximate surface area is 149 Å². The van der Waals surface area contributed by atoms with Crippen LogP contribution in [-0.2, 0) is 11.2 Å². The minimum atomic E-state index is -0.0821. The topological polar surface area (TPSA) is 54.0 Å². The van der Waals surface area contributed by atoms with Crippen LogP contribution in [0.3, 0.4) is 0 Å². The Morgan fingerprint density at radius 1 is 1.28 bits per heavy atom. The van der Waals surface area contributed by atoms with E-state index in [4.69, 9.17) is 9.47 Å². The maximum atomic E-state index is 13.0. The number of ether oxygens (including phenoxy) is 2. The molecule has 6 nitrogen and oxygen atoms in total. The lowest BCUT2D eigenvalue weighted by atomic mass is 9.95. The van der Waals surface area contributed by atoms with Gasteiger partial charge < -0.3 is 19.7 Å². The molecule has 0 spiro atoms. The summed E-state index contributed by atoms with van der Waals surface area (Å²) in [5.74, 6) is 1.85. The molecular weight excluding hydrogens is 318 g/mol. The lowest BCUT2D eigenvalue weighted by Crippen LogP contribution is -2.49. The van der Waals surface area contributed by atoms with E-state index in [0.717, 1.165) is 69.2 Å². The highest BCUT2D eigenvalue weighted by Crippen LogP contribution is 2.32.